The molecule has 1 unspecified atom stereocenters. The number of rotatable bonds is 6. The molecule has 0 spiro atoms. The smallest absolute Gasteiger partial charge is 0.330 e. The van der Waals surface area contributed by atoms with Gasteiger partial charge in [-0.3, -0.25) is 9.97 Å². The van der Waals surface area contributed by atoms with Crippen molar-refractivity contribution in [2.24, 2.45) is 7.05 Å². The fraction of sp³-hybridized carbons (Fsp3) is 0.280. The largest absolute Gasteiger partial charge is 0.389 e. The van der Waals surface area contributed by atoms with E-state index in [1.165, 1.54) is 12.3 Å². The number of sulfone groups is 1. The lowest BCUT2D eigenvalue weighted by molar-refractivity contribution is -0.136. The number of alkyl halides is 3. The lowest BCUT2D eigenvalue weighted by atomic mass is 10.1. The van der Waals surface area contributed by atoms with Crippen LogP contribution in [-0.2, 0) is 16.9 Å². The summed E-state index contributed by atoms with van der Waals surface area (Å²) in [6.07, 6.45) is -1.49. The molecule has 0 saturated heterocycles. The van der Waals surface area contributed by atoms with E-state index in [0.717, 1.165) is 6.26 Å². The van der Waals surface area contributed by atoms with E-state index in [-0.39, 0.29) is 11.3 Å². The molecule has 0 N–H and O–H groups in total. The molecule has 0 amide bonds. The van der Waals surface area contributed by atoms with E-state index >= 15 is 0 Å². The monoisotopic (exact) mass is 528 g/mol. The summed E-state index contributed by atoms with van der Waals surface area (Å²) < 4.78 is 69.0. The molecule has 1 aromatic carbocycles. The van der Waals surface area contributed by atoms with Crippen LogP contribution in [0.4, 0.5) is 13.2 Å². The van der Waals surface area contributed by atoms with E-state index in [0.29, 0.717) is 44.6 Å². The molecule has 192 valence electrons. The number of nitrogens with zero attached hydrogens (tertiary/aromatic N) is 6. The van der Waals surface area contributed by atoms with Gasteiger partial charge in [-0.25, -0.2) is 13.1 Å². The zero-order valence-electron chi connectivity index (χ0n) is 20.2. The number of hydrogen-bond acceptors (Lipinski definition) is 6. The highest BCUT2D eigenvalue weighted by Gasteiger charge is 2.32. The lowest BCUT2D eigenvalue weighted by Crippen LogP contribution is -2.17. The Labute approximate surface area is 210 Å². The topological polar surface area (TPSA) is 95.6 Å². The maximum Gasteiger partial charge on any atom is 0.389 e. The molecule has 0 aliphatic rings. The summed E-state index contributed by atoms with van der Waals surface area (Å²) in [4.78, 5) is 9.06. The van der Waals surface area contributed by atoms with Crippen molar-refractivity contribution in [1.29, 1.82) is 0 Å². The Balaban J connectivity index is 1.89. The van der Waals surface area contributed by atoms with Crippen molar-refractivity contribution >= 4 is 31.8 Å². The minimum absolute atomic E-state index is 0.0583. The Hall–Kier alpha value is -3.80. The van der Waals surface area contributed by atoms with Gasteiger partial charge in [-0.2, -0.15) is 13.2 Å². The van der Waals surface area contributed by atoms with Gasteiger partial charge in [0.05, 0.1) is 44.6 Å². The van der Waals surface area contributed by atoms with Gasteiger partial charge in [-0.15, -0.1) is 5.10 Å². The van der Waals surface area contributed by atoms with Crippen molar-refractivity contribution in [3.8, 4) is 11.3 Å². The Kier molecular flexibility index (Phi) is 6.01. The first-order valence-corrected chi connectivity index (χ1v) is 13.3. The third-order valence-corrected chi connectivity index (χ3v) is 7.48. The van der Waals surface area contributed by atoms with Crippen molar-refractivity contribution in [2.45, 2.75) is 36.9 Å². The Morgan fingerprint density at radius 1 is 1.05 bits per heavy atom. The molecule has 5 rings (SSSR count). The molecule has 12 heteroatoms. The zero-order valence-corrected chi connectivity index (χ0v) is 21.0. The number of aromatic nitrogens is 6. The number of pyridine rings is 2. The summed E-state index contributed by atoms with van der Waals surface area (Å²) in [6, 6.07) is 10.8. The molecule has 4 heterocycles. The second-order valence-corrected chi connectivity index (χ2v) is 10.9. The van der Waals surface area contributed by atoms with Crippen molar-refractivity contribution in [3.05, 3.63) is 66.2 Å². The van der Waals surface area contributed by atoms with Crippen molar-refractivity contribution in [2.75, 3.05) is 6.26 Å². The fourth-order valence-electron chi connectivity index (χ4n) is 4.83. The summed E-state index contributed by atoms with van der Waals surface area (Å²) >= 11 is 0. The third kappa shape index (κ3) is 4.57. The van der Waals surface area contributed by atoms with Gasteiger partial charge in [0.1, 0.15) is 0 Å². The second-order valence-electron chi connectivity index (χ2n) is 8.96. The summed E-state index contributed by atoms with van der Waals surface area (Å²) in [5.74, 6) is 0. The summed E-state index contributed by atoms with van der Waals surface area (Å²) in [6.45, 7) is 1.80. The van der Waals surface area contributed by atoms with E-state index in [9.17, 15) is 21.6 Å². The molecule has 1 atom stereocenters. The van der Waals surface area contributed by atoms with Crippen LogP contribution in [-0.4, -0.2) is 50.4 Å². The molecular formula is C25H23F3N6O2S. The normalized spacial score (nSPS) is 13.5. The van der Waals surface area contributed by atoms with Gasteiger partial charge in [-0.1, -0.05) is 17.3 Å². The van der Waals surface area contributed by atoms with Crippen LogP contribution in [0.3, 0.4) is 0 Å². The summed E-state index contributed by atoms with van der Waals surface area (Å²) in [5.41, 5.74) is 3.75. The van der Waals surface area contributed by atoms with Crippen LogP contribution in [0.5, 0.6) is 0 Å². The molecule has 0 saturated carbocycles. The maximum atomic E-state index is 13.4. The van der Waals surface area contributed by atoms with Gasteiger partial charge in [0.25, 0.3) is 0 Å². The average molecular weight is 529 g/mol. The van der Waals surface area contributed by atoms with Crippen LogP contribution in [0.25, 0.3) is 33.2 Å². The van der Waals surface area contributed by atoms with Gasteiger partial charge in [-0.05, 0) is 43.7 Å². The molecule has 0 fully saturated rings. The van der Waals surface area contributed by atoms with E-state index < -0.39 is 28.5 Å². The predicted octanol–water partition coefficient (Wildman–Crippen LogP) is 5.02. The number of aryl methyl sites for hydroxylation is 2. The molecule has 8 nitrogen and oxygen atoms in total. The molecule has 0 aliphatic carbocycles. The predicted molar refractivity (Wildman–Crippen MR) is 133 cm³/mol. The molecule has 4 aromatic heterocycles. The van der Waals surface area contributed by atoms with Gasteiger partial charge in [0.15, 0.2) is 9.84 Å². The minimum atomic E-state index is -4.38. The standard InChI is InChI=1S/C25H23F3N6O2S/c1-15-24(33(2)32-31-15)16-13-20-23(30-14-16)22-19(8-6-9-21(22)37(3,35)36)34(20)18(10-11-25(26,27)28)17-7-4-5-12-29-17/h4-9,12-14,18H,10-11H2,1-3H3. The molecule has 0 radical (unpaired) electrons. The van der Waals surface area contributed by atoms with Gasteiger partial charge in [0, 0.05) is 43.1 Å². The number of fused-ring (bicyclic) bond motifs is 3. The first-order chi connectivity index (χ1) is 17.5. The van der Waals surface area contributed by atoms with Crippen LogP contribution in [0, 0.1) is 6.92 Å². The van der Waals surface area contributed by atoms with E-state index in [1.807, 2.05) is 0 Å². The Morgan fingerprint density at radius 2 is 1.84 bits per heavy atom. The van der Waals surface area contributed by atoms with Crippen molar-refractivity contribution in [3.63, 3.8) is 0 Å². The average Bonchev–Trinajstić information content (AvgIpc) is 3.34. The van der Waals surface area contributed by atoms with Crippen LogP contribution >= 0.6 is 0 Å². The van der Waals surface area contributed by atoms with Crippen molar-refractivity contribution in [1.82, 2.24) is 29.5 Å². The van der Waals surface area contributed by atoms with E-state index in [2.05, 4.69) is 20.3 Å². The summed E-state index contributed by atoms with van der Waals surface area (Å²) in [7, 11) is -1.94. The first-order valence-electron chi connectivity index (χ1n) is 11.4. The number of hydrogen-bond donors (Lipinski definition) is 0. The molecule has 0 bridgehead atoms. The second kappa shape index (κ2) is 8.94. The first kappa shape index (κ1) is 24.9. The van der Waals surface area contributed by atoms with Gasteiger partial charge >= 0.3 is 6.18 Å². The number of halogens is 3. The highest BCUT2D eigenvalue weighted by molar-refractivity contribution is 7.91. The van der Waals surface area contributed by atoms with E-state index in [1.54, 1.807) is 65.8 Å². The van der Waals surface area contributed by atoms with Crippen molar-refractivity contribution < 1.29 is 21.6 Å². The Morgan fingerprint density at radius 3 is 2.46 bits per heavy atom. The minimum Gasteiger partial charge on any atom is -0.330 e. The van der Waals surface area contributed by atoms with Gasteiger partial charge in [0.2, 0.25) is 0 Å². The SMILES string of the molecule is Cc1nnn(C)c1-c1cnc2c3c(S(C)(=O)=O)cccc3n(C(CCC(F)(F)F)c3ccccn3)c2c1. The number of benzene rings is 1. The molecular weight excluding hydrogens is 505 g/mol. The van der Waals surface area contributed by atoms with Gasteiger partial charge < -0.3 is 4.57 Å². The molecule has 5 aromatic rings. The van der Waals surface area contributed by atoms with Crippen LogP contribution in [0.1, 0.15) is 30.3 Å². The van der Waals surface area contributed by atoms with Crippen LogP contribution in [0.15, 0.2) is 59.8 Å². The zero-order chi connectivity index (χ0) is 26.5. The van der Waals surface area contributed by atoms with E-state index in [4.69, 9.17) is 0 Å². The van der Waals surface area contributed by atoms with Crippen LogP contribution < -0.4 is 0 Å². The van der Waals surface area contributed by atoms with Crippen LogP contribution in [0.2, 0.25) is 0 Å². The Bertz CT molecular complexity index is 1710. The highest BCUT2D eigenvalue weighted by Crippen LogP contribution is 2.40. The maximum absolute atomic E-state index is 13.4. The highest BCUT2D eigenvalue weighted by atomic mass is 32.2. The third-order valence-electron chi connectivity index (χ3n) is 6.34. The summed E-state index contributed by atoms with van der Waals surface area (Å²) in [5, 5.41) is 8.49. The molecule has 0 aliphatic heterocycles. The quantitative estimate of drug-likeness (QED) is 0.307. The lowest BCUT2D eigenvalue weighted by Gasteiger charge is -2.22. The molecule has 37 heavy (non-hydrogen) atoms. The fourth-order valence-corrected chi connectivity index (χ4v) is 5.73.